The van der Waals surface area contributed by atoms with E-state index in [2.05, 4.69) is 34.7 Å². The van der Waals surface area contributed by atoms with E-state index in [0.29, 0.717) is 40.6 Å². The Labute approximate surface area is 181 Å². The molecule has 0 aliphatic rings. The number of carbonyl (C=O) groups excluding carboxylic acids is 1. The Hall–Kier alpha value is -2.57. The van der Waals surface area contributed by atoms with Crippen LogP contribution in [0.4, 0.5) is 0 Å². The van der Waals surface area contributed by atoms with Gasteiger partial charge in [-0.2, -0.15) is 5.10 Å². The molecule has 2 aromatic rings. The van der Waals surface area contributed by atoms with Gasteiger partial charge in [-0.05, 0) is 49.2 Å². The lowest BCUT2D eigenvalue weighted by atomic mass is 10.2. The van der Waals surface area contributed by atoms with E-state index in [1.54, 1.807) is 30.4 Å². The van der Waals surface area contributed by atoms with Crippen LogP contribution >= 0.6 is 23.2 Å². The summed E-state index contributed by atoms with van der Waals surface area (Å²) in [4.78, 5) is 16.3. The molecule has 0 aliphatic heterocycles. The summed E-state index contributed by atoms with van der Waals surface area (Å²) in [6, 6.07) is 8.60. The minimum absolute atomic E-state index is 0.322. The van der Waals surface area contributed by atoms with Gasteiger partial charge >= 0.3 is 0 Å². The molecule has 29 heavy (non-hydrogen) atoms. The summed E-state index contributed by atoms with van der Waals surface area (Å²) in [5.74, 6) is 1.17. The second-order valence-corrected chi connectivity index (χ2v) is 7.44. The van der Waals surface area contributed by atoms with Crippen LogP contribution in [-0.4, -0.2) is 23.3 Å². The van der Waals surface area contributed by atoms with Crippen LogP contribution in [0, 0.1) is 5.92 Å². The fraction of sp³-hybridized carbons (Fsp3) is 0.286. The molecule has 154 valence electrons. The van der Waals surface area contributed by atoms with E-state index in [9.17, 15) is 4.79 Å². The maximum Gasteiger partial charge on any atom is 0.258 e. The van der Waals surface area contributed by atoms with E-state index in [1.165, 1.54) is 6.20 Å². The second kappa shape index (κ2) is 11.4. The quantitative estimate of drug-likeness (QED) is 0.270. The Morgan fingerprint density at radius 3 is 2.72 bits per heavy atom. The number of carbonyl (C=O) groups is 1. The summed E-state index contributed by atoms with van der Waals surface area (Å²) in [6.07, 6.45) is 4.86. The van der Waals surface area contributed by atoms with E-state index in [4.69, 9.17) is 27.9 Å². The molecule has 1 amide bonds. The van der Waals surface area contributed by atoms with Crippen molar-refractivity contribution in [3.63, 3.8) is 0 Å². The number of pyridine rings is 1. The summed E-state index contributed by atoms with van der Waals surface area (Å²) in [7, 11) is 0. The molecule has 0 saturated heterocycles. The average Bonchev–Trinajstić information content (AvgIpc) is 2.67. The molecule has 0 bridgehead atoms. The summed E-state index contributed by atoms with van der Waals surface area (Å²) in [6.45, 7) is 6.99. The topological polar surface area (TPSA) is 75.6 Å². The van der Waals surface area contributed by atoms with Gasteiger partial charge in [-0.3, -0.25) is 4.79 Å². The zero-order valence-corrected chi connectivity index (χ0v) is 18.1. The first kappa shape index (κ1) is 22.7. The van der Waals surface area contributed by atoms with Gasteiger partial charge in [-0.25, -0.2) is 4.98 Å². The third-order valence-corrected chi connectivity index (χ3v) is 4.08. The highest BCUT2D eigenvalue weighted by Crippen LogP contribution is 2.23. The lowest BCUT2D eigenvalue weighted by molar-refractivity contribution is 0.0976. The van der Waals surface area contributed by atoms with Gasteiger partial charge in [0.25, 0.3) is 5.91 Å². The summed E-state index contributed by atoms with van der Waals surface area (Å²) in [5.41, 5.74) is 4.21. The number of aromatic nitrogens is 1. The third kappa shape index (κ3) is 7.75. The molecule has 0 unspecified atom stereocenters. The summed E-state index contributed by atoms with van der Waals surface area (Å²) in [5, 5.41) is 7.92. The van der Waals surface area contributed by atoms with Crippen LogP contribution in [0.25, 0.3) is 0 Å². The van der Waals surface area contributed by atoms with E-state index in [1.807, 2.05) is 19.1 Å². The number of halogens is 2. The maximum atomic E-state index is 12.3. The minimum atomic E-state index is -0.337. The first-order valence-corrected chi connectivity index (χ1v) is 9.92. The predicted molar refractivity (Wildman–Crippen MR) is 118 cm³/mol. The molecule has 2 rings (SSSR count). The first-order chi connectivity index (χ1) is 13.9. The van der Waals surface area contributed by atoms with Gasteiger partial charge in [-0.1, -0.05) is 43.1 Å². The molecule has 0 saturated carbocycles. The smallest absolute Gasteiger partial charge is 0.258 e. The Morgan fingerprint density at radius 2 is 2.07 bits per heavy atom. The van der Waals surface area contributed by atoms with Gasteiger partial charge < -0.3 is 15.5 Å². The molecule has 1 heterocycles. The Kier molecular flexibility index (Phi) is 8.96. The van der Waals surface area contributed by atoms with Gasteiger partial charge in [0, 0.05) is 16.8 Å². The first-order valence-electron chi connectivity index (χ1n) is 9.16. The number of amidine groups is 1. The van der Waals surface area contributed by atoms with Crippen LogP contribution in [0.5, 0.6) is 5.75 Å². The minimum Gasteiger partial charge on any atom is -0.493 e. The second-order valence-electron chi connectivity index (χ2n) is 6.61. The van der Waals surface area contributed by atoms with Gasteiger partial charge in [0.15, 0.2) is 5.84 Å². The van der Waals surface area contributed by atoms with Gasteiger partial charge in [0.05, 0.1) is 18.7 Å². The van der Waals surface area contributed by atoms with Crippen molar-refractivity contribution in [3.05, 3.63) is 70.0 Å². The van der Waals surface area contributed by atoms with E-state index in [0.717, 1.165) is 11.3 Å². The molecular formula is C21H24Cl2N4O2. The van der Waals surface area contributed by atoms with Crippen LogP contribution in [0.2, 0.25) is 10.2 Å². The van der Waals surface area contributed by atoms with Gasteiger partial charge in [0.1, 0.15) is 10.9 Å². The van der Waals surface area contributed by atoms with Gasteiger partial charge in [0.2, 0.25) is 0 Å². The van der Waals surface area contributed by atoms with Gasteiger partial charge in [-0.15, -0.1) is 0 Å². The highest BCUT2D eigenvalue weighted by atomic mass is 35.5. The van der Waals surface area contributed by atoms with Crippen molar-refractivity contribution in [1.82, 2.24) is 15.7 Å². The van der Waals surface area contributed by atoms with Crippen molar-refractivity contribution in [2.45, 2.75) is 27.3 Å². The number of rotatable bonds is 8. The Balaban J connectivity index is 2.06. The number of allylic oxidation sites excluding steroid dienone is 1. The molecule has 0 atom stereocenters. The lowest BCUT2D eigenvalue weighted by Gasteiger charge is -2.14. The Morgan fingerprint density at radius 1 is 1.28 bits per heavy atom. The zero-order chi connectivity index (χ0) is 21.2. The summed E-state index contributed by atoms with van der Waals surface area (Å²) < 4.78 is 5.84. The number of ether oxygens (including phenoxy) is 1. The molecular weight excluding hydrogens is 411 g/mol. The van der Waals surface area contributed by atoms with Crippen LogP contribution in [0.3, 0.4) is 0 Å². The molecule has 2 N–H and O–H groups in total. The molecule has 0 aliphatic carbocycles. The van der Waals surface area contributed by atoms with Crippen molar-refractivity contribution in [1.29, 1.82) is 0 Å². The Bertz CT molecular complexity index is 881. The van der Waals surface area contributed by atoms with Crippen LogP contribution < -0.4 is 15.5 Å². The normalized spacial score (nSPS) is 11.7. The fourth-order valence-electron chi connectivity index (χ4n) is 2.26. The highest BCUT2D eigenvalue weighted by Gasteiger charge is 2.09. The van der Waals surface area contributed by atoms with Crippen molar-refractivity contribution < 1.29 is 9.53 Å². The molecule has 0 spiro atoms. The standard InChI is InChI=1S/C21H24Cl2N4O2/c1-4-5-20(26-21(28)15-6-9-19(23)24-11-15)27-25-12-16-10-17(22)7-8-18(16)29-13-14(2)3/h4-11,14,25H,12-13H2,1-3H3,(H,26,27,28)/b5-4+. The van der Waals surface area contributed by atoms with Crippen LogP contribution in [0.1, 0.15) is 36.7 Å². The number of nitrogens with one attached hydrogen (secondary N) is 2. The van der Waals surface area contributed by atoms with Crippen molar-refractivity contribution >= 4 is 34.9 Å². The maximum absolute atomic E-state index is 12.3. The number of nitrogens with zero attached hydrogens (tertiary/aromatic N) is 2. The van der Waals surface area contributed by atoms with Crippen LogP contribution in [0.15, 0.2) is 53.8 Å². The third-order valence-electron chi connectivity index (χ3n) is 3.62. The number of benzene rings is 1. The number of hydrogen-bond acceptors (Lipinski definition) is 5. The molecule has 8 heteroatoms. The fourth-order valence-corrected chi connectivity index (χ4v) is 2.56. The number of hydrazone groups is 1. The number of hydrogen-bond donors (Lipinski definition) is 2. The van der Waals surface area contributed by atoms with E-state index in [-0.39, 0.29) is 5.91 Å². The molecule has 6 nitrogen and oxygen atoms in total. The summed E-state index contributed by atoms with van der Waals surface area (Å²) >= 11 is 11.9. The average molecular weight is 435 g/mol. The molecule has 0 radical (unpaired) electrons. The zero-order valence-electron chi connectivity index (χ0n) is 16.6. The van der Waals surface area contributed by atoms with Crippen molar-refractivity contribution in [2.75, 3.05) is 6.61 Å². The molecule has 1 aromatic carbocycles. The SMILES string of the molecule is C/C=C/C(=N\NCc1cc(Cl)ccc1OCC(C)C)NC(=O)c1ccc(Cl)nc1. The highest BCUT2D eigenvalue weighted by molar-refractivity contribution is 6.30. The van der Waals surface area contributed by atoms with E-state index < -0.39 is 0 Å². The van der Waals surface area contributed by atoms with Crippen molar-refractivity contribution in [3.8, 4) is 5.75 Å². The lowest BCUT2D eigenvalue weighted by Crippen LogP contribution is -2.31. The van der Waals surface area contributed by atoms with E-state index >= 15 is 0 Å². The predicted octanol–water partition coefficient (Wildman–Crippen LogP) is 4.83. The number of amides is 1. The molecule has 1 aromatic heterocycles. The largest absolute Gasteiger partial charge is 0.493 e. The monoisotopic (exact) mass is 434 g/mol. The van der Waals surface area contributed by atoms with Crippen LogP contribution in [-0.2, 0) is 6.54 Å². The molecule has 0 fully saturated rings. The van der Waals surface area contributed by atoms with Crippen molar-refractivity contribution in [2.24, 2.45) is 11.0 Å².